The van der Waals surface area contributed by atoms with Gasteiger partial charge in [-0.15, -0.1) is 0 Å². The lowest BCUT2D eigenvalue weighted by atomic mass is 10.0. The molecule has 4 heteroatoms. The predicted octanol–water partition coefficient (Wildman–Crippen LogP) is 4.30. The zero-order valence-corrected chi connectivity index (χ0v) is 14.8. The fourth-order valence-electron chi connectivity index (χ4n) is 2.83. The molecule has 0 saturated heterocycles. The molecule has 1 heterocycles. The van der Waals surface area contributed by atoms with Gasteiger partial charge in [-0.05, 0) is 49.3 Å². The van der Waals surface area contributed by atoms with Crippen molar-refractivity contribution in [2.45, 2.75) is 13.8 Å². The Hall–Kier alpha value is -3.01. The highest BCUT2D eigenvalue weighted by molar-refractivity contribution is 6.05. The van der Waals surface area contributed by atoms with Gasteiger partial charge in [0.1, 0.15) is 5.76 Å². The van der Waals surface area contributed by atoms with Gasteiger partial charge in [0, 0.05) is 5.56 Å². The fourth-order valence-corrected chi connectivity index (χ4v) is 2.83. The summed E-state index contributed by atoms with van der Waals surface area (Å²) in [4.78, 5) is 12.2. The molecule has 0 radical (unpaired) electrons. The molecule has 2 aromatic carbocycles. The van der Waals surface area contributed by atoms with Gasteiger partial charge in [0.05, 0.1) is 19.8 Å². The van der Waals surface area contributed by atoms with Gasteiger partial charge in [-0.2, -0.15) is 0 Å². The fraction of sp³-hybridized carbons (Fsp3) is 0.190. The molecule has 0 fully saturated rings. The second kappa shape index (κ2) is 6.85. The number of ether oxygens (including phenoxy) is 3. The maximum absolute atomic E-state index is 12.2. The lowest BCUT2D eigenvalue weighted by molar-refractivity contribution is -0.130. The van der Waals surface area contributed by atoms with Crippen LogP contribution in [0, 0.1) is 13.8 Å². The molecular weight excluding hydrogens is 316 g/mol. The molecule has 0 aliphatic carbocycles. The second-order valence-electron chi connectivity index (χ2n) is 5.93. The van der Waals surface area contributed by atoms with Gasteiger partial charge in [0.25, 0.3) is 0 Å². The van der Waals surface area contributed by atoms with Crippen LogP contribution in [0.5, 0.6) is 11.5 Å². The van der Waals surface area contributed by atoms with E-state index in [0.29, 0.717) is 22.8 Å². The second-order valence-corrected chi connectivity index (χ2v) is 5.93. The molecule has 1 aliphatic rings. The van der Waals surface area contributed by atoms with Crippen molar-refractivity contribution in [3.63, 3.8) is 0 Å². The molecule has 0 saturated carbocycles. The van der Waals surface area contributed by atoms with Crippen LogP contribution in [0.1, 0.15) is 22.3 Å². The van der Waals surface area contributed by atoms with Crippen LogP contribution in [-0.4, -0.2) is 20.2 Å². The van der Waals surface area contributed by atoms with Gasteiger partial charge in [-0.1, -0.05) is 29.8 Å². The van der Waals surface area contributed by atoms with E-state index in [1.54, 1.807) is 32.4 Å². The van der Waals surface area contributed by atoms with E-state index in [9.17, 15) is 4.79 Å². The lowest BCUT2D eigenvalue weighted by Crippen LogP contribution is -1.98. The first kappa shape index (κ1) is 16.8. The summed E-state index contributed by atoms with van der Waals surface area (Å²) in [5.74, 6) is 1.48. The van der Waals surface area contributed by atoms with Crippen LogP contribution in [0.15, 0.2) is 48.0 Å². The molecule has 0 amide bonds. The monoisotopic (exact) mass is 336 g/mol. The Balaban J connectivity index is 1.96. The number of carbonyl (C=O) groups excluding carboxylic acids is 1. The summed E-state index contributed by atoms with van der Waals surface area (Å²) >= 11 is 0. The first-order valence-corrected chi connectivity index (χ1v) is 7.97. The third-order valence-corrected chi connectivity index (χ3v) is 4.10. The van der Waals surface area contributed by atoms with E-state index in [-0.39, 0.29) is 5.97 Å². The molecule has 128 valence electrons. The predicted molar refractivity (Wildman–Crippen MR) is 97.5 cm³/mol. The van der Waals surface area contributed by atoms with E-state index >= 15 is 0 Å². The van der Waals surface area contributed by atoms with Crippen molar-refractivity contribution in [2.24, 2.45) is 0 Å². The Labute approximate surface area is 147 Å². The maximum atomic E-state index is 12.2. The minimum absolute atomic E-state index is 0.357. The van der Waals surface area contributed by atoms with E-state index in [1.165, 1.54) is 5.56 Å². The number of methoxy groups -OCH3 is 2. The third-order valence-electron chi connectivity index (χ3n) is 4.10. The average molecular weight is 336 g/mol. The summed E-state index contributed by atoms with van der Waals surface area (Å²) in [6, 6.07) is 11.5. The van der Waals surface area contributed by atoms with Gasteiger partial charge in [-0.3, -0.25) is 0 Å². The highest BCUT2D eigenvalue weighted by atomic mass is 16.5. The van der Waals surface area contributed by atoms with Crippen molar-refractivity contribution in [3.8, 4) is 11.5 Å². The molecule has 0 unspecified atom stereocenters. The lowest BCUT2D eigenvalue weighted by Gasteiger charge is -2.07. The SMILES string of the molecule is COc1ccc(/C=C2\C=C(c3ccc(C)cc3C)OC2=O)cc1OC. The maximum Gasteiger partial charge on any atom is 0.343 e. The van der Waals surface area contributed by atoms with Crippen molar-refractivity contribution in [1.29, 1.82) is 0 Å². The number of benzene rings is 2. The summed E-state index contributed by atoms with van der Waals surface area (Å²) in [6.45, 7) is 4.04. The highest BCUT2D eigenvalue weighted by Gasteiger charge is 2.23. The number of hydrogen-bond donors (Lipinski definition) is 0. The summed E-state index contributed by atoms with van der Waals surface area (Å²) < 4.78 is 16.0. The number of hydrogen-bond acceptors (Lipinski definition) is 4. The molecule has 3 rings (SSSR count). The number of aryl methyl sites for hydroxylation is 2. The van der Waals surface area contributed by atoms with E-state index in [1.807, 2.05) is 38.1 Å². The third kappa shape index (κ3) is 3.43. The number of rotatable bonds is 4. The minimum atomic E-state index is -0.357. The van der Waals surface area contributed by atoms with Crippen LogP contribution in [0.25, 0.3) is 11.8 Å². The molecule has 0 bridgehead atoms. The average Bonchev–Trinajstić information content (AvgIpc) is 2.95. The van der Waals surface area contributed by atoms with Gasteiger partial charge >= 0.3 is 5.97 Å². The van der Waals surface area contributed by atoms with Gasteiger partial charge < -0.3 is 14.2 Å². The van der Waals surface area contributed by atoms with Crippen LogP contribution in [0.4, 0.5) is 0 Å². The van der Waals surface area contributed by atoms with E-state index in [4.69, 9.17) is 14.2 Å². The first-order chi connectivity index (χ1) is 12.0. The van der Waals surface area contributed by atoms with Crippen molar-refractivity contribution in [1.82, 2.24) is 0 Å². The summed E-state index contributed by atoms with van der Waals surface area (Å²) in [6.07, 6.45) is 3.55. The smallest absolute Gasteiger partial charge is 0.343 e. The van der Waals surface area contributed by atoms with E-state index in [2.05, 4.69) is 6.07 Å². The molecule has 0 spiro atoms. The molecule has 25 heavy (non-hydrogen) atoms. The van der Waals surface area contributed by atoms with Crippen LogP contribution in [0.2, 0.25) is 0 Å². The molecule has 1 aliphatic heterocycles. The van der Waals surface area contributed by atoms with Gasteiger partial charge in [0.2, 0.25) is 0 Å². The molecule has 0 N–H and O–H groups in total. The molecule has 0 aromatic heterocycles. The molecular formula is C21H20O4. The van der Waals surface area contributed by atoms with Crippen LogP contribution in [-0.2, 0) is 9.53 Å². The normalized spacial score (nSPS) is 15.1. The molecule has 2 aromatic rings. The van der Waals surface area contributed by atoms with Crippen molar-refractivity contribution in [3.05, 3.63) is 70.3 Å². The first-order valence-electron chi connectivity index (χ1n) is 7.97. The summed E-state index contributed by atoms with van der Waals surface area (Å²) in [5.41, 5.74) is 4.51. The topological polar surface area (TPSA) is 44.8 Å². The molecule has 4 nitrogen and oxygen atoms in total. The van der Waals surface area contributed by atoms with Crippen molar-refractivity contribution >= 4 is 17.8 Å². The zero-order chi connectivity index (χ0) is 18.0. The van der Waals surface area contributed by atoms with Crippen molar-refractivity contribution < 1.29 is 19.0 Å². The Morgan fingerprint density at radius 1 is 0.960 bits per heavy atom. The number of cyclic esters (lactones) is 1. The van der Waals surface area contributed by atoms with Gasteiger partial charge in [-0.25, -0.2) is 4.79 Å². The van der Waals surface area contributed by atoms with Crippen LogP contribution >= 0.6 is 0 Å². The minimum Gasteiger partial charge on any atom is -0.493 e. The Kier molecular flexibility index (Phi) is 4.61. The van der Waals surface area contributed by atoms with E-state index < -0.39 is 0 Å². The number of esters is 1. The van der Waals surface area contributed by atoms with Crippen molar-refractivity contribution in [2.75, 3.05) is 14.2 Å². The summed E-state index contributed by atoms with van der Waals surface area (Å²) in [7, 11) is 3.17. The highest BCUT2D eigenvalue weighted by Crippen LogP contribution is 2.32. The number of carbonyl (C=O) groups is 1. The molecule has 0 atom stereocenters. The Morgan fingerprint density at radius 3 is 2.40 bits per heavy atom. The van der Waals surface area contributed by atoms with E-state index in [0.717, 1.165) is 16.7 Å². The van der Waals surface area contributed by atoms with Gasteiger partial charge in [0.15, 0.2) is 11.5 Å². The Morgan fingerprint density at radius 2 is 1.72 bits per heavy atom. The standard InChI is InChI=1S/C21H20O4/c1-13-5-7-17(14(2)9-13)19-12-16(21(22)25-19)10-15-6-8-18(23-3)20(11-15)24-4/h5-12H,1-4H3/b16-10+. The summed E-state index contributed by atoms with van der Waals surface area (Å²) in [5, 5.41) is 0. The Bertz CT molecular complexity index is 891. The van der Waals surface area contributed by atoms with Crippen LogP contribution in [0.3, 0.4) is 0 Å². The quantitative estimate of drug-likeness (QED) is 0.617. The van der Waals surface area contributed by atoms with Crippen LogP contribution < -0.4 is 9.47 Å². The largest absolute Gasteiger partial charge is 0.493 e. The zero-order valence-electron chi connectivity index (χ0n) is 14.8.